The molecule has 0 radical (unpaired) electrons. The van der Waals surface area contributed by atoms with E-state index in [0.29, 0.717) is 16.3 Å². The largest absolute Gasteiger partial charge is 0.285 e. The second-order valence-corrected chi connectivity index (χ2v) is 9.87. The molecular formula is C30H12ClF3N4O4. The van der Waals surface area contributed by atoms with Gasteiger partial charge < -0.3 is 0 Å². The number of benzene rings is 4. The zero-order valence-corrected chi connectivity index (χ0v) is 21.6. The number of carbonyl (C=O) groups is 2. The fraction of sp³-hybridized carbons (Fsp3) is 0. The van der Waals surface area contributed by atoms with Crippen LogP contribution in [0.5, 0.6) is 0 Å². The lowest BCUT2D eigenvalue weighted by atomic mass is 10.1. The van der Waals surface area contributed by atoms with Crippen molar-refractivity contribution in [3.8, 4) is 11.4 Å². The van der Waals surface area contributed by atoms with Crippen LogP contribution in [0.15, 0.2) is 82.4 Å². The number of hydrogen-bond donors (Lipinski definition) is 0. The van der Waals surface area contributed by atoms with Crippen LogP contribution in [-0.4, -0.2) is 30.7 Å². The molecule has 42 heavy (non-hydrogen) atoms. The fourth-order valence-electron chi connectivity index (χ4n) is 5.10. The molecule has 0 atom stereocenters. The van der Waals surface area contributed by atoms with Crippen LogP contribution in [0.3, 0.4) is 0 Å². The maximum Gasteiger partial charge on any atom is 0.266 e. The van der Waals surface area contributed by atoms with E-state index < -0.39 is 40.1 Å². The standard InChI is InChI=1S/C15H6ClFN2O2.C15H6F2N2O2/c16-7-1-4-12-10(5-7)13(20)14-18-11-6-8(17)2-3-9(11)15(21)19(12)14;16-7-4-5-11-9(6-7)13(20)14-18-12-8(15(21)19(11)14)2-1-3-10(12)17/h2*1-6H. The molecule has 2 aliphatic heterocycles. The van der Waals surface area contributed by atoms with Crippen LogP contribution in [0.4, 0.5) is 13.2 Å². The summed E-state index contributed by atoms with van der Waals surface area (Å²) < 4.78 is 42.7. The second-order valence-electron chi connectivity index (χ2n) is 9.43. The fourth-order valence-corrected chi connectivity index (χ4v) is 5.27. The lowest BCUT2D eigenvalue weighted by molar-refractivity contribution is 0.102. The molecule has 0 amide bonds. The third kappa shape index (κ3) is 3.63. The molecular weight excluding hydrogens is 573 g/mol. The summed E-state index contributed by atoms with van der Waals surface area (Å²) in [6, 6.07) is 15.9. The molecule has 0 fully saturated rings. The van der Waals surface area contributed by atoms with Crippen LogP contribution in [0, 0.1) is 17.5 Å². The monoisotopic (exact) mass is 584 g/mol. The third-order valence-corrected chi connectivity index (χ3v) is 7.21. The van der Waals surface area contributed by atoms with Crippen LogP contribution < -0.4 is 11.1 Å². The molecule has 0 saturated heterocycles. The molecule has 0 aliphatic carbocycles. The van der Waals surface area contributed by atoms with E-state index in [1.54, 1.807) is 12.1 Å². The summed E-state index contributed by atoms with van der Waals surface area (Å²) in [5, 5.41) is 0.734. The van der Waals surface area contributed by atoms with Crippen LogP contribution in [0.25, 0.3) is 33.2 Å². The van der Waals surface area contributed by atoms with Crippen molar-refractivity contribution in [2.75, 3.05) is 0 Å². The first-order valence-corrected chi connectivity index (χ1v) is 12.6. The van der Waals surface area contributed by atoms with Crippen molar-refractivity contribution in [1.29, 1.82) is 0 Å². The number of para-hydroxylation sites is 1. The van der Waals surface area contributed by atoms with Gasteiger partial charge >= 0.3 is 0 Å². The summed E-state index contributed by atoms with van der Waals surface area (Å²) in [6.07, 6.45) is 0. The molecule has 8 rings (SSSR count). The van der Waals surface area contributed by atoms with E-state index in [4.69, 9.17) is 11.6 Å². The highest BCUT2D eigenvalue weighted by atomic mass is 35.5. The van der Waals surface area contributed by atoms with Gasteiger partial charge in [-0.05, 0) is 60.7 Å². The number of rotatable bonds is 0. The Balaban J connectivity index is 0.000000137. The zero-order chi connectivity index (χ0) is 29.4. The van der Waals surface area contributed by atoms with Crippen molar-refractivity contribution >= 4 is 45.0 Å². The highest BCUT2D eigenvalue weighted by Crippen LogP contribution is 2.29. The van der Waals surface area contributed by atoms with Crippen molar-refractivity contribution in [3.05, 3.63) is 139 Å². The minimum absolute atomic E-state index is 0.0182. The van der Waals surface area contributed by atoms with Crippen molar-refractivity contribution in [2.24, 2.45) is 0 Å². The Bertz CT molecular complexity index is 2350. The van der Waals surface area contributed by atoms with E-state index in [0.717, 1.165) is 28.8 Å². The van der Waals surface area contributed by atoms with Gasteiger partial charge in [-0.15, -0.1) is 0 Å². The van der Waals surface area contributed by atoms with Crippen molar-refractivity contribution < 1.29 is 22.8 Å². The highest BCUT2D eigenvalue weighted by molar-refractivity contribution is 6.31. The Morgan fingerprint density at radius 3 is 1.95 bits per heavy atom. The minimum atomic E-state index is -0.678. The number of aromatic nitrogens is 4. The Hall–Kier alpha value is -5.42. The quantitative estimate of drug-likeness (QED) is 0.250. The van der Waals surface area contributed by atoms with Crippen molar-refractivity contribution in [2.45, 2.75) is 0 Å². The van der Waals surface area contributed by atoms with Gasteiger partial charge in [0.25, 0.3) is 11.1 Å². The van der Waals surface area contributed by atoms with Gasteiger partial charge in [0, 0.05) is 11.1 Å². The van der Waals surface area contributed by atoms with Gasteiger partial charge in [-0.25, -0.2) is 23.1 Å². The smallest absolute Gasteiger partial charge is 0.266 e. The lowest BCUT2D eigenvalue weighted by Crippen LogP contribution is -2.21. The van der Waals surface area contributed by atoms with Crippen LogP contribution >= 0.6 is 11.6 Å². The summed E-state index contributed by atoms with van der Waals surface area (Å²) in [6.45, 7) is 0. The molecule has 0 saturated carbocycles. The summed E-state index contributed by atoms with van der Waals surface area (Å²) in [4.78, 5) is 57.7. The average Bonchev–Trinajstić information content (AvgIpc) is 3.40. The molecule has 0 spiro atoms. The van der Waals surface area contributed by atoms with Gasteiger partial charge in [-0.2, -0.15) is 0 Å². The molecule has 8 nitrogen and oxygen atoms in total. The van der Waals surface area contributed by atoms with Crippen LogP contribution in [0.1, 0.15) is 32.4 Å². The molecule has 4 heterocycles. The Morgan fingerprint density at radius 2 is 1.21 bits per heavy atom. The van der Waals surface area contributed by atoms with Crippen LogP contribution in [0.2, 0.25) is 5.02 Å². The van der Waals surface area contributed by atoms with E-state index in [2.05, 4.69) is 9.97 Å². The molecule has 6 aromatic rings. The Labute approximate surface area is 236 Å². The normalized spacial score (nSPS) is 12.6. The average molecular weight is 585 g/mol. The molecule has 204 valence electrons. The maximum atomic E-state index is 13.8. The lowest BCUT2D eigenvalue weighted by Gasteiger charge is -2.05. The molecule has 12 heteroatoms. The number of halogens is 4. The first-order chi connectivity index (χ1) is 20.1. The zero-order valence-electron chi connectivity index (χ0n) is 20.9. The van der Waals surface area contributed by atoms with E-state index in [1.165, 1.54) is 41.0 Å². The number of carbonyl (C=O) groups excluding carboxylic acids is 2. The maximum absolute atomic E-state index is 13.8. The molecule has 0 N–H and O–H groups in total. The summed E-state index contributed by atoms with van der Waals surface area (Å²) in [7, 11) is 0. The van der Waals surface area contributed by atoms with Crippen molar-refractivity contribution in [1.82, 2.24) is 19.1 Å². The molecule has 4 aromatic carbocycles. The van der Waals surface area contributed by atoms with Gasteiger partial charge in [-0.1, -0.05) is 17.7 Å². The van der Waals surface area contributed by atoms with Gasteiger partial charge in [0.15, 0.2) is 11.6 Å². The predicted octanol–water partition coefficient (Wildman–Crippen LogP) is 4.93. The molecule has 2 aliphatic rings. The molecule has 0 bridgehead atoms. The predicted molar refractivity (Wildman–Crippen MR) is 146 cm³/mol. The van der Waals surface area contributed by atoms with E-state index >= 15 is 0 Å². The Kier molecular flexibility index (Phi) is 5.50. The van der Waals surface area contributed by atoms with Crippen molar-refractivity contribution in [3.63, 3.8) is 0 Å². The van der Waals surface area contributed by atoms with Gasteiger partial charge in [0.2, 0.25) is 11.6 Å². The second kappa shape index (κ2) is 9.05. The number of nitrogens with zero attached hydrogens (tertiary/aromatic N) is 4. The SMILES string of the molecule is O=C1c2cc(Cl)ccc2-n2c1nc1cc(F)ccc1c2=O.O=C1c2cc(F)ccc2-n2c1nc1c(F)cccc1c2=O. The minimum Gasteiger partial charge on any atom is -0.285 e. The topological polar surface area (TPSA) is 104 Å². The highest BCUT2D eigenvalue weighted by Gasteiger charge is 2.32. The van der Waals surface area contributed by atoms with E-state index in [1.807, 2.05) is 0 Å². The molecule has 0 unspecified atom stereocenters. The molecule has 2 aromatic heterocycles. The van der Waals surface area contributed by atoms with E-state index in [9.17, 15) is 32.3 Å². The number of fused-ring (bicyclic) bond motifs is 8. The van der Waals surface area contributed by atoms with Gasteiger partial charge in [0.05, 0.1) is 38.8 Å². The van der Waals surface area contributed by atoms with Crippen LogP contribution in [-0.2, 0) is 0 Å². The van der Waals surface area contributed by atoms with Gasteiger partial charge in [0.1, 0.15) is 23.0 Å². The number of ketones is 2. The summed E-state index contributed by atoms with van der Waals surface area (Å²) in [5.74, 6) is -2.97. The Morgan fingerprint density at radius 1 is 0.619 bits per heavy atom. The number of hydrogen-bond acceptors (Lipinski definition) is 6. The first-order valence-electron chi connectivity index (χ1n) is 12.3. The summed E-state index contributed by atoms with van der Waals surface area (Å²) in [5.41, 5.74) is 0.146. The third-order valence-electron chi connectivity index (χ3n) is 6.98. The first kappa shape index (κ1) is 25.5. The van der Waals surface area contributed by atoms with E-state index in [-0.39, 0.29) is 44.7 Å². The summed E-state index contributed by atoms with van der Waals surface area (Å²) >= 11 is 5.89. The van der Waals surface area contributed by atoms with Gasteiger partial charge in [-0.3, -0.25) is 28.3 Å².